The molecular weight excluding hydrogens is 244 g/mol. The van der Waals surface area contributed by atoms with Crippen LogP contribution >= 0.6 is 0 Å². The normalized spacial score (nSPS) is 49.4. The van der Waals surface area contributed by atoms with Crippen LogP contribution in [0, 0.1) is 5.92 Å². The molecule has 2 unspecified atom stereocenters. The van der Waals surface area contributed by atoms with E-state index in [0.29, 0.717) is 17.4 Å². The number of rotatable bonds is 1. The monoisotopic (exact) mass is 262 g/mol. The summed E-state index contributed by atoms with van der Waals surface area (Å²) >= 11 is 0. The third-order valence-electron chi connectivity index (χ3n) is 3.95. The summed E-state index contributed by atoms with van der Waals surface area (Å²) in [5.74, 6) is 1.86. The van der Waals surface area contributed by atoms with Crippen molar-refractivity contribution in [2.45, 2.75) is 48.9 Å². The third-order valence-corrected chi connectivity index (χ3v) is 8.32. The largest absolute Gasteiger partial charge is 0.340 e. The molecule has 2 heterocycles. The van der Waals surface area contributed by atoms with E-state index in [2.05, 4.69) is 0 Å². The highest BCUT2D eigenvalue weighted by atomic mass is 32.2. The van der Waals surface area contributed by atoms with E-state index >= 15 is 0 Å². The summed E-state index contributed by atoms with van der Waals surface area (Å²) in [5, 5.41) is 0. The Bertz CT molecular complexity index is 320. The summed E-state index contributed by atoms with van der Waals surface area (Å²) in [5.41, 5.74) is 0. The van der Waals surface area contributed by atoms with Crippen molar-refractivity contribution in [3.05, 3.63) is 0 Å². The van der Waals surface area contributed by atoms with Gasteiger partial charge in [-0.1, -0.05) is 19.3 Å². The van der Waals surface area contributed by atoms with Crippen molar-refractivity contribution in [3.8, 4) is 0 Å². The molecule has 1 aliphatic carbocycles. The van der Waals surface area contributed by atoms with Gasteiger partial charge in [0.15, 0.2) is 0 Å². The van der Waals surface area contributed by atoms with Crippen molar-refractivity contribution in [2.75, 3.05) is 11.5 Å². The Morgan fingerprint density at radius 3 is 2.19 bits per heavy atom. The van der Waals surface area contributed by atoms with Gasteiger partial charge in [-0.05, 0) is 25.2 Å². The fraction of sp³-hybridized carbons (Fsp3) is 1.00. The van der Waals surface area contributed by atoms with Crippen LogP contribution in [0.15, 0.2) is 0 Å². The van der Waals surface area contributed by atoms with E-state index in [1.54, 1.807) is 0 Å². The SMILES string of the molecule is O=S1CCCS(=O)C12O[C@@H]2C1CCCCC1. The highest BCUT2D eigenvalue weighted by Crippen LogP contribution is 2.52. The zero-order chi connectivity index (χ0) is 11.2. The molecule has 2 aliphatic heterocycles. The van der Waals surface area contributed by atoms with Crippen LogP contribution in [0.25, 0.3) is 0 Å². The molecule has 3 nitrogen and oxygen atoms in total. The van der Waals surface area contributed by atoms with Gasteiger partial charge in [0.2, 0.25) is 4.27 Å². The Hall–Kier alpha value is 0.260. The van der Waals surface area contributed by atoms with E-state index in [9.17, 15) is 8.42 Å². The van der Waals surface area contributed by atoms with Crippen molar-refractivity contribution in [2.24, 2.45) is 5.92 Å². The Balaban J connectivity index is 1.76. The van der Waals surface area contributed by atoms with Gasteiger partial charge in [0, 0.05) is 11.5 Å². The first kappa shape index (κ1) is 11.4. The van der Waals surface area contributed by atoms with E-state index in [1.807, 2.05) is 0 Å². The maximum absolute atomic E-state index is 12.0. The molecule has 1 spiro atoms. The van der Waals surface area contributed by atoms with Gasteiger partial charge in [-0.25, -0.2) is 0 Å². The summed E-state index contributed by atoms with van der Waals surface area (Å²) in [6.07, 6.45) is 7.00. The average Bonchev–Trinajstić information content (AvgIpc) is 3.04. The first-order chi connectivity index (χ1) is 7.75. The number of hydrogen-bond acceptors (Lipinski definition) is 3. The second kappa shape index (κ2) is 4.18. The molecule has 16 heavy (non-hydrogen) atoms. The standard InChI is InChI=1S/C11H18O3S2/c12-15-7-4-8-16(13)11(15)10(14-11)9-5-2-1-3-6-9/h9-10H,1-8H2/t10-,11?,15?,16?/m1/s1. The summed E-state index contributed by atoms with van der Waals surface area (Å²) in [7, 11) is -2.05. The van der Waals surface area contributed by atoms with Crippen LogP contribution in [0.1, 0.15) is 38.5 Å². The van der Waals surface area contributed by atoms with E-state index in [4.69, 9.17) is 4.74 Å². The lowest BCUT2D eigenvalue weighted by atomic mass is 9.87. The molecule has 0 aromatic carbocycles. The second-order valence-electron chi connectivity index (χ2n) is 4.99. The van der Waals surface area contributed by atoms with Gasteiger partial charge in [0.1, 0.15) is 6.10 Å². The molecule has 3 aliphatic rings. The first-order valence-electron chi connectivity index (χ1n) is 6.20. The molecule has 92 valence electrons. The molecular formula is C11H18O3S2. The van der Waals surface area contributed by atoms with Crippen LogP contribution in [-0.4, -0.2) is 30.3 Å². The second-order valence-corrected chi connectivity index (χ2v) is 8.66. The summed E-state index contributed by atoms with van der Waals surface area (Å²) < 4.78 is 29.0. The molecule has 1 saturated carbocycles. The highest BCUT2D eigenvalue weighted by Gasteiger charge is 2.69. The predicted molar refractivity (Wildman–Crippen MR) is 64.8 cm³/mol. The smallest absolute Gasteiger partial charge is 0.244 e. The van der Waals surface area contributed by atoms with Crippen molar-refractivity contribution >= 4 is 21.6 Å². The van der Waals surface area contributed by atoms with E-state index in [0.717, 1.165) is 6.42 Å². The molecule has 0 radical (unpaired) electrons. The van der Waals surface area contributed by atoms with Crippen LogP contribution in [0.2, 0.25) is 0 Å². The van der Waals surface area contributed by atoms with Crippen LogP contribution in [0.4, 0.5) is 0 Å². The van der Waals surface area contributed by atoms with Gasteiger partial charge < -0.3 is 4.74 Å². The van der Waals surface area contributed by atoms with Crippen molar-refractivity contribution in [3.63, 3.8) is 0 Å². The lowest BCUT2D eigenvalue weighted by Gasteiger charge is -2.23. The number of hydrogen-bond donors (Lipinski definition) is 0. The molecule has 3 rings (SSSR count). The summed E-state index contributed by atoms with van der Waals surface area (Å²) in [6.45, 7) is 0. The maximum atomic E-state index is 12.0. The average molecular weight is 262 g/mol. The van der Waals surface area contributed by atoms with Crippen LogP contribution < -0.4 is 0 Å². The van der Waals surface area contributed by atoms with Gasteiger partial charge in [0.25, 0.3) is 0 Å². The Morgan fingerprint density at radius 2 is 1.56 bits per heavy atom. The molecule has 3 atom stereocenters. The predicted octanol–water partition coefficient (Wildman–Crippen LogP) is 1.52. The van der Waals surface area contributed by atoms with Gasteiger partial charge >= 0.3 is 0 Å². The van der Waals surface area contributed by atoms with Gasteiger partial charge in [-0.2, -0.15) is 0 Å². The lowest BCUT2D eigenvalue weighted by Crippen LogP contribution is -2.38. The number of ether oxygens (including phenoxy) is 1. The lowest BCUT2D eigenvalue weighted by molar-refractivity contribution is 0.264. The molecule has 0 amide bonds. The summed E-state index contributed by atoms with van der Waals surface area (Å²) in [4.78, 5) is 0. The van der Waals surface area contributed by atoms with E-state index in [1.165, 1.54) is 32.1 Å². The van der Waals surface area contributed by atoms with Crippen LogP contribution in [0.5, 0.6) is 0 Å². The molecule has 3 fully saturated rings. The first-order valence-corrected chi connectivity index (χ1v) is 8.84. The zero-order valence-corrected chi connectivity index (χ0v) is 11.0. The van der Waals surface area contributed by atoms with Gasteiger partial charge in [-0.15, -0.1) is 0 Å². The molecule has 0 aromatic rings. The van der Waals surface area contributed by atoms with Crippen molar-refractivity contribution in [1.82, 2.24) is 0 Å². The third kappa shape index (κ3) is 1.63. The van der Waals surface area contributed by atoms with Gasteiger partial charge in [-0.3, -0.25) is 8.42 Å². The minimum Gasteiger partial charge on any atom is -0.340 e. The fourth-order valence-corrected chi connectivity index (χ4v) is 7.26. The number of epoxide rings is 1. The Labute approximate surface area is 101 Å². The van der Waals surface area contributed by atoms with E-state index in [-0.39, 0.29) is 6.10 Å². The molecule has 2 saturated heterocycles. The van der Waals surface area contributed by atoms with Crippen molar-refractivity contribution in [1.29, 1.82) is 0 Å². The Morgan fingerprint density at radius 1 is 0.938 bits per heavy atom. The molecule has 0 aromatic heterocycles. The van der Waals surface area contributed by atoms with E-state index < -0.39 is 25.9 Å². The van der Waals surface area contributed by atoms with Crippen LogP contribution in [-0.2, 0) is 26.3 Å². The fourth-order valence-electron chi connectivity index (χ4n) is 3.04. The molecule has 0 N–H and O–H groups in total. The minimum atomic E-state index is -1.02. The maximum Gasteiger partial charge on any atom is 0.244 e. The van der Waals surface area contributed by atoms with Crippen molar-refractivity contribution < 1.29 is 13.2 Å². The quantitative estimate of drug-likeness (QED) is 0.673. The molecule has 5 heteroatoms. The van der Waals surface area contributed by atoms with Gasteiger partial charge in [0.05, 0.1) is 21.6 Å². The van der Waals surface area contributed by atoms with Crippen LogP contribution in [0.3, 0.4) is 0 Å². The zero-order valence-electron chi connectivity index (χ0n) is 9.35. The highest BCUT2D eigenvalue weighted by molar-refractivity contribution is 8.05. The Kier molecular flexibility index (Phi) is 2.96. The topological polar surface area (TPSA) is 46.7 Å². The summed E-state index contributed by atoms with van der Waals surface area (Å²) in [6, 6.07) is 0. The molecule has 0 bridgehead atoms. The minimum absolute atomic E-state index is 0.0368.